The highest BCUT2D eigenvalue weighted by molar-refractivity contribution is 5.69. The van der Waals surface area contributed by atoms with Gasteiger partial charge in [0.1, 0.15) is 30.5 Å². The van der Waals surface area contributed by atoms with Crippen LogP contribution >= 0.6 is 0 Å². The molecule has 0 aromatic heterocycles. The highest BCUT2D eigenvalue weighted by atomic mass is 16.7. The van der Waals surface area contributed by atoms with E-state index < -0.39 is 43.4 Å². The van der Waals surface area contributed by atoms with E-state index in [9.17, 15) is 25.2 Å². The van der Waals surface area contributed by atoms with Crippen molar-refractivity contribution >= 4 is 5.97 Å². The van der Waals surface area contributed by atoms with Gasteiger partial charge in [-0.15, -0.1) is 0 Å². The Labute approximate surface area is 265 Å². The monoisotopic (exact) mass is 624 g/mol. The first kappa shape index (κ1) is 40.2. The minimum Gasteiger partial charge on any atom is -0.457 e. The predicted octanol–water partition coefficient (Wildman–Crippen LogP) is 5.46. The second-order valence-electron chi connectivity index (χ2n) is 11.2. The van der Waals surface area contributed by atoms with Crippen LogP contribution in [0.25, 0.3) is 0 Å². The number of unbranched alkanes of at least 4 members (excludes halogenated alkanes) is 7. The Morgan fingerprint density at radius 3 is 2.00 bits per heavy atom. The molecule has 0 amide bonds. The number of esters is 1. The van der Waals surface area contributed by atoms with Gasteiger partial charge >= 0.3 is 5.97 Å². The van der Waals surface area contributed by atoms with Crippen LogP contribution < -0.4 is 0 Å². The second-order valence-corrected chi connectivity index (χ2v) is 11.2. The van der Waals surface area contributed by atoms with Gasteiger partial charge in [0.15, 0.2) is 6.29 Å². The molecule has 1 fully saturated rings. The van der Waals surface area contributed by atoms with Crippen molar-refractivity contribution in [2.75, 3.05) is 26.4 Å². The minimum absolute atomic E-state index is 0.106. The van der Waals surface area contributed by atoms with Crippen LogP contribution in [0.5, 0.6) is 0 Å². The number of hydrogen-bond donors (Lipinski definition) is 4. The molecule has 0 saturated carbocycles. The molecule has 0 aromatic carbocycles. The first-order valence-electron chi connectivity index (χ1n) is 16.7. The van der Waals surface area contributed by atoms with E-state index in [1.807, 2.05) is 0 Å². The van der Waals surface area contributed by atoms with Gasteiger partial charge in [0, 0.05) is 13.0 Å². The molecular formula is C35H60O9. The van der Waals surface area contributed by atoms with Crippen molar-refractivity contribution < 1.29 is 44.2 Å². The summed E-state index contributed by atoms with van der Waals surface area (Å²) >= 11 is 0. The molecule has 44 heavy (non-hydrogen) atoms. The van der Waals surface area contributed by atoms with E-state index in [0.29, 0.717) is 13.0 Å². The fraction of sp³-hybridized carbons (Fsp3) is 0.743. The zero-order chi connectivity index (χ0) is 32.3. The van der Waals surface area contributed by atoms with E-state index in [0.717, 1.165) is 57.8 Å². The standard InChI is InChI=1S/C35H60O9/c1-3-5-7-9-11-12-13-14-15-16-17-19-21-23-25-41-27-29(43-31(37)24-22-20-18-10-8-6-4-2)28-42-35-34(40)33(39)32(38)30(26-36)44-35/h5,7,11-12,14-15,17,19,29-30,32-36,38-40H,3-4,6,8-10,13,16,18,20-28H2,1-2H3/b7-5-,12-11-,15-14-,19-17-. The Hall–Kier alpha value is -1.85. The summed E-state index contributed by atoms with van der Waals surface area (Å²) in [5, 5.41) is 39.7. The van der Waals surface area contributed by atoms with Gasteiger partial charge in [0.25, 0.3) is 0 Å². The van der Waals surface area contributed by atoms with Crippen LogP contribution in [-0.4, -0.2) is 89.6 Å². The highest BCUT2D eigenvalue weighted by Gasteiger charge is 2.44. The van der Waals surface area contributed by atoms with Crippen LogP contribution in [0, 0.1) is 0 Å². The van der Waals surface area contributed by atoms with Crippen molar-refractivity contribution in [3.8, 4) is 0 Å². The average Bonchev–Trinajstić information content (AvgIpc) is 3.02. The van der Waals surface area contributed by atoms with Crippen molar-refractivity contribution in [3.63, 3.8) is 0 Å². The van der Waals surface area contributed by atoms with E-state index in [-0.39, 0.29) is 19.2 Å². The van der Waals surface area contributed by atoms with Crippen LogP contribution in [-0.2, 0) is 23.7 Å². The van der Waals surface area contributed by atoms with Gasteiger partial charge in [-0.3, -0.25) is 4.79 Å². The highest BCUT2D eigenvalue weighted by Crippen LogP contribution is 2.22. The molecule has 6 atom stereocenters. The van der Waals surface area contributed by atoms with Crippen LogP contribution in [0.3, 0.4) is 0 Å². The molecule has 0 spiro atoms. The zero-order valence-corrected chi connectivity index (χ0v) is 27.1. The van der Waals surface area contributed by atoms with E-state index in [1.54, 1.807) is 0 Å². The maximum atomic E-state index is 12.5. The zero-order valence-electron chi connectivity index (χ0n) is 27.1. The maximum Gasteiger partial charge on any atom is 0.306 e. The first-order chi connectivity index (χ1) is 21.4. The van der Waals surface area contributed by atoms with Crippen molar-refractivity contribution in [2.24, 2.45) is 0 Å². The molecule has 1 aliphatic rings. The van der Waals surface area contributed by atoms with E-state index in [1.165, 1.54) is 25.7 Å². The lowest BCUT2D eigenvalue weighted by molar-refractivity contribution is -0.305. The molecule has 9 heteroatoms. The quantitative estimate of drug-likeness (QED) is 0.0562. The molecule has 4 N–H and O–H groups in total. The summed E-state index contributed by atoms with van der Waals surface area (Å²) in [6.45, 7) is 4.21. The lowest BCUT2D eigenvalue weighted by Crippen LogP contribution is -2.59. The normalized spacial score (nSPS) is 23.5. The molecular weight excluding hydrogens is 564 g/mol. The van der Waals surface area contributed by atoms with Crippen LogP contribution in [0.2, 0.25) is 0 Å². The Morgan fingerprint density at radius 1 is 0.750 bits per heavy atom. The van der Waals surface area contributed by atoms with Gasteiger partial charge in [-0.1, -0.05) is 101 Å². The fourth-order valence-electron chi connectivity index (χ4n) is 4.61. The number of allylic oxidation sites excluding steroid dienone is 8. The Kier molecular flexibility index (Phi) is 25.1. The molecule has 0 aliphatic carbocycles. The lowest BCUT2D eigenvalue weighted by atomic mass is 9.99. The molecule has 1 saturated heterocycles. The fourth-order valence-corrected chi connectivity index (χ4v) is 4.61. The summed E-state index contributed by atoms with van der Waals surface area (Å²) < 4.78 is 22.5. The van der Waals surface area contributed by atoms with E-state index in [4.69, 9.17) is 18.9 Å². The third kappa shape index (κ3) is 19.5. The van der Waals surface area contributed by atoms with Crippen LogP contribution in [0.1, 0.15) is 104 Å². The van der Waals surface area contributed by atoms with Gasteiger partial charge in [-0.2, -0.15) is 0 Å². The van der Waals surface area contributed by atoms with Gasteiger partial charge < -0.3 is 39.4 Å². The summed E-state index contributed by atoms with van der Waals surface area (Å²) in [6, 6.07) is 0. The number of ether oxygens (including phenoxy) is 4. The Morgan fingerprint density at radius 2 is 1.36 bits per heavy atom. The van der Waals surface area contributed by atoms with E-state index in [2.05, 4.69) is 62.5 Å². The molecule has 1 heterocycles. The Balaban J connectivity index is 2.42. The van der Waals surface area contributed by atoms with Gasteiger partial charge in [-0.25, -0.2) is 0 Å². The van der Waals surface area contributed by atoms with Crippen molar-refractivity contribution in [3.05, 3.63) is 48.6 Å². The molecule has 0 aromatic rings. The molecule has 9 nitrogen and oxygen atoms in total. The smallest absolute Gasteiger partial charge is 0.306 e. The third-order valence-corrected chi connectivity index (χ3v) is 7.26. The van der Waals surface area contributed by atoms with Crippen molar-refractivity contribution in [1.29, 1.82) is 0 Å². The predicted molar refractivity (Wildman–Crippen MR) is 173 cm³/mol. The molecule has 1 rings (SSSR count). The molecule has 0 bridgehead atoms. The Bertz CT molecular complexity index is 808. The topological polar surface area (TPSA) is 135 Å². The number of carbonyl (C=O) groups is 1. The maximum absolute atomic E-state index is 12.5. The number of rotatable bonds is 26. The number of hydrogen-bond acceptors (Lipinski definition) is 9. The molecule has 0 radical (unpaired) electrons. The lowest BCUT2D eigenvalue weighted by Gasteiger charge is -2.39. The first-order valence-corrected chi connectivity index (χ1v) is 16.7. The van der Waals surface area contributed by atoms with Crippen LogP contribution in [0.15, 0.2) is 48.6 Å². The summed E-state index contributed by atoms with van der Waals surface area (Å²) in [5.41, 5.74) is 0. The third-order valence-electron chi connectivity index (χ3n) is 7.26. The largest absolute Gasteiger partial charge is 0.457 e. The number of aliphatic hydroxyl groups excluding tert-OH is 4. The second kappa shape index (κ2) is 27.5. The average molecular weight is 625 g/mol. The van der Waals surface area contributed by atoms with Crippen molar-refractivity contribution in [1.82, 2.24) is 0 Å². The molecule has 254 valence electrons. The van der Waals surface area contributed by atoms with Gasteiger partial charge in [-0.05, 0) is 44.9 Å². The van der Waals surface area contributed by atoms with E-state index >= 15 is 0 Å². The minimum atomic E-state index is -1.54. The SMILES string of the molecule is CC/C=C\C/C=C\C/C=C\C/C=C\CCCOCC(COC1OC(CO)C(O)C(O)C1O)OC(=O)CCCCCCCCC. The van der Waals surface area contributed by atoms with Gasteiger partial charge in [0.2, 0.25) is 0 Å². The number of carbonyl (C=O) groups excluding carboxylic acids is 1. The summed E-state index contributed by atoms with van der Waals surface area (Å²) in [6.07, 6.45) is 23.1. The molecule has 6 unspecified atom stereocenters. The summed E-state index contributed by atoms with van der Waals surface area (Å²) in [7, 11) is 0. The van der Waals surface area contributed by atoms with Gasteiger partial charge in [0.05, 0.1) is 19.8 Å². The summed E-state index contributed by atoms with van der Waals surface area (Å²) in [4.78, 5) is 12.5. The number of aliphatic hydroxyl groups is 4. The van der Waals surface area contributed by atoms with Crippen molar-refractivity contribution in [2.45, 2.75) is 141 Å². The summed E-state index contributed by atoms with van der Waals surface area (Å²) in [5.74, 6) is -0.343. The van der Waals surface area contributed by atoms with Crippen LogP contribution in [0.4, 0.5) is 0 Å². The molecule has 1 aliphatic heterocycles.